The summed E-state index contributed by atoms with van der Waals surface area (Å²) in [4.78, 5) is 24.4. The molecule has 6 nitrogen and oxygen atoms in total. The predicted octanol–water partition coefficient (Wildman–Crippen LogP) is 2.62. The Kier molecular flexibility index (Phi) is 6.54. The normalized spacial score (nSPS) is 17.1. The summed E-state index contributed by atoms with van der Waals surface area (Å²) >= 11 is 1.70. The van der Waals surface area contributed by atoms with Crippen LogP contribution in [0.3, 0.4) is 0 Å². The molecule has 1 atom stereocenters. The average Bonchev–Trinajstić information content (AvgIpc) is 2.57. The summed E-state index contributed by atoms with van der Waals surface area (Å²) in [5, 5.41) is 5.41. The fourth-order valence-electron chi connectivity index (χ4n) is 2.52. The minimum atomic E-state index is -0.610. The molecule has 1 aliphatic heterocycles. The van der Waals surface area contributed by atoms with Crippen LogP contribution in [0.25, 0.3) is 0 Å². The van der Waals surface area contributed by atoms with Crippen LogP contribution in [0, 0.1) is 0 Å². The number of rotatable bonds is 7. The molecule has 24 heavy (non-hydrogen) atoms. The number of para-hydroxylation sites is 1. The first-order valence-corrected chi connectivity index (χ1v) is 8.90. The number of urea groups is 1. The van der Waals surface area contributed by atoms with Crippen molar-refractivity contribution in [2.75, 3.05) is 25.2 Å². The summed E-state index contributed by atoms with van der Waals surface area (Å²) < 4.78 is 10.7. The topological polar surface area (TPSA) is 76.7 Å². The van der Waals surface area contributed by atoms with E-state index in [4.69, 9.17) is 9.47 Å². The molecule has 0 spiro atoms. The Morgan fingerprint density at radius 2 is 2.08 bits per heavy atom. The van der Waals surface area contributed by atoms with E-state index in [2.05, 4.69) is 17.6 Å². The third kappa shape index (κ3) is 4.23. The van der Waals surface area contributed by atoms with Crippen molar-refractivity contribution < 1.29 is 19.1 Å². The maximum absolute atomic E-state index is 12.5. The van der Waals surface area contributed by atoms with Gasteiger partial charge < -0.3 is 20.1 Å². The zero-order valence-corrected chi connectivity index (χ0v) is 14.9. The Balaban J connectivity index is 2.28. The number of ether oxygens (including phenoxy) is 2. The van der Waals surface area contributed by atoms with Gasteiger partial charge in [0.05, 0.1) is 18.7 Å². The molecule has 0 fully saturated rings. The molecule has 0 saturated heterocycles. The lowest BCUT2D eigenvalue weighted by Crippen LogP contribution is -2.45. The van der Waals surface area contributed by atoms with Crippen LogP contribution >= 0.6 is 11.8 Å². The summed E-state index contributed by atoms with van der Waals surface area (Å²) in [6.07, 6.45) is 0. The van der Waals surface area contributed by atoms with Gasteiger partial charge in [0, 0.05) is 17.0 Å². The van der Waals surface area contributed by atoms with Gasteiger partial charge in [-0.3, -0.25) is 0 Å². The molecule has 0 radical (unpaired) electrons. The van der Waals surface area contributed by atoms with Gasteiger partial charge in [-0.15, -0.1) is 0 Å². The number of amides is 2. The van der Waals surface area contributed by atoms with Crippen molar-refractivity contribution in [2.24, 2.45) is 0 Å². The predicted molar refractivity (Wildman–Crippen MR) is 94.1 cm³/mol. The molecule has 0 saturated carbocycles. The van der Waals surface area contributed by atoms with Crippen LogP contribution in [0.15, 0.2) is 35.5 Å². The first-order valence-electron chi connectivity index (χ1n) is 7.74. The third-order valence-corrected chi connectivity index (χ3v) is 4.47. The monoisotopic (exact) mass is 350 g/mol. The number of hydrogen-bond acceptors (Lipinski definition) is 5. The van der Waals surface area contributed by atoms with Crippen LogP contribution in [0.1, 0.15) is 25.5 Å². The third-order valence-electron chi connectivity index (χ3n) is 3.60. The SMILES string of the molecule is CCSCCOC(=O)C1=C(C)NC(=O)N[C@H]1c1ccccc1OC. The molecule has 7 heteroatoms. The van der Waals surface area contributed by atoms with E-state index >= 15 is 0 Å². The fourth-order valence-corrected chi connectivity index (χ4v) is 3.01. The number of carbonyl (C=O) groups excluding carboxylic acids is 2. The van der Waals surface area contributed by atoms with Crippen LogP contribution in [0.4, 0.5) is 4.79 Å². The highest BCUT2D eigenvalue weighted by molar-refractivity contribution is 7.99. The van der Waals surface area contributed by atoms with E-state index in [1.54, 1.807) is 31.9 Å². The molecule has 1 aromatic rings. The highest BCUT2D eigenvalue weighted by Gasteiger charge is 2.33. The summed E-state index contributed by atoms with van der Waals surface area (Å²) in [6.45, 7) is 4.08. The number of thioether (sulfide) groups is 1. The molecule has 1 heterocycles. The maximum Gasteiger partial charge on any atom is 0.338 e. The van der Waals surface area contributed by atoms with Crippen LogP contribution in [-0.2, 0) is 9.53 Å². The number of esters is 1. The van der Waals surface area contributed by atoms with E-state index < -0.39 is 12.0 Å². The van der Waals surface area contributed by atoms with Gasteiger partial charge in [-0.05, 0) is 18.7 Å². The highest BCUT2D eigenvalue weighted by atomic mass is 32.2. The molecule has 0 bridgehead atoms. The quantitative estimate of drug-likeness (QED) is 0.584. The van der Waals surface area contributed by atoms with Gasteiger partial charge in [0.1, 0.15) is 12.4 Å². The molecule has 0 aromatic heterocycles. The Labute approximate surface area is 146 Å². The second-order valence-corrected chi connectivity index (χ2v) is 6.54. The Morgan fingerprint density at radius 3 is 2.79 bits per heavy atom. The smallest absolute Gasteiger partial charge is 0.338 e. The van der Waals surface area contributed by atoms with Crippen molar-refractivity contribution in [2.45, 2.75) is 19.9 Å². The lowest BCUT2D eigenvalue weighted by Gasteiger charge is -2.29. The van der Waals surface area contributed by atoms with Crippen LogP contribution < -0.4 is 15.4 Å². The van der Waals surface area contributed by atoms with Crippen LogP contribution in [-0.4, -0.2) is 37.2 Å². The molecular formula is C17H22N2O4S. The largest absolute Gasteiger partial charge is 0.496 e. The molecule has 1 aliphatic rings. The lowest BCUT2D eigenvalue weighted by molar-refractivity contribution is -0.138. The first kappa shape index (κ1) is 18.2. The Morgan fingerprint density at radius 1 is 1.33 bits per heavy atom. The lowest BCUT2D eigenvalue weighted by atomic mass is 9.95. The van der Waals surface area contributed by atoms with Gasteiger partial charge in [-0.25, -0.2) is 9.59 Å². The second-order valence-electron chi connectivity index (χ2n) is 5.14. The maximum atomic E-state index is 12.5. The van der Waals surface area contributed by atoms with Crippen molar-refractivity contribution >= 4 is 23.8 Å². The first-order chi connectivity index (χ1) is 11.6. The number of nitrogens with one attached hydrogen (secondary N) is 2. The second kappa shape index (κ2) is 8.63. The highest BCUT2D eigenvalue weighted by Crippen LogP contribution is 2.33. The average molecular weight is 350 g/mol. The van der Waals surface area contributed by atoms with Gasteiger partial charge in [0.15, 0.2) is 0 Å². The Hall–Kier alpha value is -2.15. The summed E-state index contributed by atoms with van der Waals surface area (Å²) in [6, 6.07) is 6.31. The molecular weight excluding hydrogens is 328 g/mol. The summed E-state index contributed by atoms with van der Waals surface area (Å²) in [7, 11) is 1.55. The molecule has 130 valence electrons. The van der Waals surface area contributed by atoms with Crippen molar-refractivity contribution in [3.05, 3.63) is 41.1 Å². The van der Waals surface area contributed by atoms with Gasteiger partial charge in [-0.1, -0.05) is 25.1 Å². The molecule has 2 amide bonds. The number of methoxy groups -OCH3 is 1. The zero-order valence-electron chi connectivity index (χ0n) is 14.0. The molecule has 0 unspecified atom stereocenters. The number of hydrogen-bond donors (Lipinski definition) is 2. The minimum absolute atomic E-state index is 0.334. The van der Waals surface area contributed by atoms with E-state index in [0.29, 0.717) is 29.2 Å². The summed E-state index contributed by atoms with van der Waals surface area (Å²) in [5.41, 5.74) is 1.59. The van der Waals surface area contributed by atoms with Gasteiger partial charge in [-0.2, -0.15) is 11.8 Å². The van der Waals surface area contributed by atoms with E-state index in [1.165, 1.54) is 0 Å². The van der Waals surface area contributed by atoms with E-state index in [0.717, 1.165) is 11.5 Å². The van der Waals surface area contributed by atoms with E-state index in [1.807, 2.05) is 18.2 Å². The van der Waals surface area contributed by atoms with Crippen molar-refractivity contribution in [3.63, 3.8) is 0 Å². The molecule has 2 rings (SSSR count). The van der Waals surface area contributed by atoms with Gasteiger partial charge >= 0.3 is 12.0 Å². The molecule has 2 N–H and O–H groups in total. The molecule has 0 aliphatic carbocycles. The van der Waals surface area contributed by atoms with E-state index in [9.17, 15) is 9.59 Å². The van der Waals surface area contributed by atoms with E-state index in [-0.39, 0.29) is 6.03 Å². The fraction of sp³-hybridized carbons (Fsp3) is 0.412. The van der Waals surface area contributed by atoms with Crippen molar-refractivity contribution in [1.82, 2.24) is 10.6 Å². The molecule has 1 aromatic carbocycles. The van der Waals surface area contributed by atoms with Crippen molar-refractivity contribution in [1.29, 1.82) is 0 Å². The number of allylic oxidation sites excluding steroid dienone is 1. The summed E-state index contributed by atoms with van der Waals surface area (Å²) in [5.74, 6) is 1.88. The van der Waals surface area contributed by atoms with Gasteiger partial charge in [0.2, 0.25) is 0 Å². The van der Waals surface area contributed by atoms with Crippen molar-refractivity contribution in [3.8, 4) is 5.75 Å². The van der Waals surface area contributed by atoms with Crippen LogP contribution in [0.5, 0.6) is 5.75 Å². The van der Waals surface area contributed by atoms with Crippen LogP contribution in [0.2, 0.25) is 0 Å². The number of benzene rings is 1. The zero-order chi connectivity index (χ0) is 17.5. The van der Waals surface area contributed by atoms with Gasteiger partial charge in [0.25, 0.3) is 0 Å². The Bertz CT molecular complexity index is 645. The minimum Gasteiger partial charge on any atom is -0.496 e. The standard InChI is InChI=1S/C17H22N2O4S/c1-4-24-10-9-23-16(20)14-11(2)18-17(21)19-15(14)12-7-5-6-8-13(12)22-3/h5-8,15H,4,9-10H2,1-3H3,(H2,18,19,21)/t15-/m0/s1. The number of carbonyl (C=O) groups is 2.